The molecule has 0 aromatic heterocycles. The normalized spacial score (nSPS) is 12.0. The molecule has 0 saturated heterocycles. The summed E-state index contributed by atoms with van der Waals surface area (Å²) in [4.78, 5) is 24.3. The Labute approximate surface area is 199 Å². The van der Waals surface area contributed by atoms with Gasteiger partial charge in [-0.1, -0.05) is 88.9 Å². The Morgan fingerprint density at radius 2 is 1.45 bits per heavy atom. The summed E-state index contributed by atoms with van der Waals surface area (Å²) in [5.74, 6) is -0.185. The number of urea groups is 1. The van der Waals surface area contributed by atoms with Crippen LogP contribution in [0.25, 0.3) is 0 Å². The van der Waals surface area contributed by atoms with Crippen molar-refractivity contribution in [3.63, 3.8) is 0 Å². The van der Waals surface area contributed by atoms with Crippen molar-refractivity contribution in [1.82, 2.24) is 5.32 Å². The molecule has 31 heavy (non-hydrogen) atoms. The molecular weight excluding hydrogens is 482 g/mol. The van der Waals surface area contributed by atoms with E-state index in [1.54, 1.807) is 54.6 Å². The maximum absolute atomic E-state index is 12.2. The monoisotopic (exact) mass is 496 g/mol. The fraction of sp³-hybridized carbons (Fsp3) is 0.0909. The number of carbonyl (C=O) groups excluding carboxylic acids is 2. The number of rotatable bonds is 5. The number of halogens is 4. The number of carbonyl (C=O) groups is 2. The number of imide groups is 1. The SMILES string of the molecule is O=C(NC(=O)c1ccccc1Cl)Nc1ccc(OC(c2ccccc2)C(Cl)(Cl)Cl)cc1. The molecule has 3 aromatic carbocycles. The number of nitrogens with one attached hydrogen (secondary N) is 2. The maximum atomic E-state index is 12.2. The van der Waals surface area contributed by atoms with Crippen LogP contribution < -0.4 is 15.4 Å². The first-order chi connectivity index (χ1) is 14.7. The van der Waals surface area contributed by atoms with Crippen molar-refractivity contribution < 1.29 is 14.3 Å². The van der Waals surface area contributed by atoms with Gasteiger partial charge in [-0.15, -0.1) is 0 Å². The van der Waals surface area contributed by atoms with E-state index in [1.807, 2.05) is 18.2 Å². The van der Waals surface area contributed by atoms with Crippen LogP contribution in [0, 0.1) is 0 Å². The third-order valence-electron chi connectivity index (χ3n) is 4.11. The molecule has 0 saturated carbocycles. The van der Waals surface area contributed by atoms with Crippen LogP contribution in [0.1, 0.15) is 22.0 Å². The molecule has 3 aromatic rings. The highest BCUT2D eigenvalue weighted by atomic mass is 35.6. The van der Waals surface area contributed by atoms with Crippen LogP contribution in [0.2, 0.25) is 5.02 Å². The zero-order valence-electron chi connectivity index (χ0n) is 15.8. The summed E-state index contributed by atoms with van der Waals surface area (Å²) < 4.78 is 4.17. The number of alkyl halides is 3. The molecule has 2 N–H and O–H groups in total. The van der Waals surface area contributed by atoms with Crippen molar-refractivity contribution in [2.45, 2.75) is 9.90 Å². The van der Waals surface area contributed by atoms with E-state index in [4.69, 9.17) is 51.1 Å². The van der Waals surface area contributed by atoms with Crippen molar-refractivity contribution in [3.8, 4) is 5.75 Å². The third kappa shape index (κ3) is 6.52. The first-order valence-corrected chi connectivity index (χ1v) is 10.5. The fourth-order valence-electron chi connectivity index (χ4n) is 2.68. The van der Waals surface area contributed by atoms with Gasteiger partial charge in [-0.3, -0.25) is 10.1 Å². The van der Waals surface area contributed by atoms with Crippen LogP contribution in [-0.2, 0) is 0 Å². The number of ether oxygens (including phenoxy) is 1. The van der Waals surface area contributed by atoms with Crippen LogP contribution in [0.15, 0.2) is 78.9 Å². The highest BCUT2D eigenvalue weighted by molar-refractivity contribution is 6.68. The van der Waals surface area contributed by atoms with Crippen LogP contribution >= 0.6 is 46.4 Å². The largest absolute Gasteiger partial charge is 0.481 e. The molecule has 0 fully saturated rings. The average molecular weight is 498 g/mol. The molecule has 0 aliphatic heterocycles. The van der Waals surface area contributed by atoms with Gasteiger partial charge in [0.25, 0.3) is 5.91 Å². The smallest absolute Gasteiger partial charge is 0.326 e. The van der Waals surface area contributed by atoms with Gasteiger partial charge >= 0.3 is 6.03 Å². The Balaban J connectivity index is 1.64. The molecule has 1 unspecified atom stereocenters. The van der Waals surface area contributed by atoms with E-state index < -0.39 is 21.8 Å². The molecule has 3 amide bonds. The van der Waals surface area contributed by atoms with E-state index in [0.29, 0.717) is 17.0 Å². The van der Waals surface area contributed by atoms with Crippen LogP contribution in [0.4, 0.5) is 10.5 Å². The lowest BCUT2D eigenvalue weighted by atomic mass is 10.1. The molecule has 0 aliphatic carbocycles. The number of hydrogen-bond acceptors (Lipinski definition) is 3. The van der Waals surface area contributed by atoms with E-state index in [9.17, 15) is 9.59 Å². The van der Waals surface area contributed by atoms with Gasteiger partial charge in [-0.05, 0) is 42.0 Å². The molecule has 0 bridgehead atoms. The molecule has 3 rings (SSSR count). The molecule has 160 valence electrons. The van der Waals surface area contributed by atoms with E-state index in [2.05, 4.69) is 10.6 Å². The second kappa shape index (κ2) is 10.2. The Hall–Kier alpha value is -2.44. The van der Waals surface area contributed by atoms with E-state index >= 15 is 0 Å². The Morgan fingerprint density at radius 1 is 0.839 bits per heavy atom. The third-order valence-corrected chi connectivity index (χ3v) is 5.04. The van der Waals surface area contributed by atoms with Gasteiger partial charge in [0, 0.05) is 5.69 Å². The van der Waals surface area contributed by atoms with E-state index in [0.717, 1.165) is 0 Å². The van der Waals surface area contributed by atoms with Crippen molar-refractivity contribution >= 4 is 64.0 Å². The lowest BCUT2D eigenvalue weighted by molar-refractivity contribution is 0.0967. The standard InChI is InChI=1S/C22H16Cl4N2O3/c23-18-9-5-4-8-17(18)20(29)28-21(30)27-15-10-12-16(13-11-15)31-19(22(24,25)26)14-6-2-1-3-7-14/h1-13,19H,(H2,27,28,29,30). The van der Waals surface area contributed by atoms with Gasteiger partial charge < -0.3 is 10.1 Å². The predicted octanol–water partition coefficient (Wildman–Crippen LogP) is 6.79. The summed E-state index contributed by atoms with van der Waals surface area (Å²) in [5, 5.41) is 5.02. The van der Waals surface area contributed by atoms with Crippen LogP contribution in [0.5, 0.6) is 5.75 Å². The van der Waals surface area contributed by atoms with Gasteiger partial charge in [0.2, 0.25) is 3.79 Å². The minimum Gasteiger partial charge on any atom is -0.481 e. The molecule has 5 nitrogen and oxygen atoms in total. The summed E-state index contributed by atoms with van der Waals surface area (Å²) in [6.07, 6.45) is -0.839. The lowest BCUT2D eigenvalue weighted by Gasteiger charge is -2.26. The average Bonchev–Trinajstić information content (AvgIpc) is 2.73. The summed E-state index contributed by atoms with van der Waals surface area (Å²) in [6, 6.07) is 21.2. The second-order valence-corrected chi connectivity index (χ2v) is 9.14. The zero-order chi connectivity index (χ0) is 22.4. The fourth-order valence-corrected chi connectivity index (χ4v) is 3.42. The summed E-state index contributed by atoms with van der Waals surface area (Å²) in [6.45, 7) is 0. The molecule has 9 heteroatoms. The number of hydrogen-bond donors (Lipinski definition) is 2. The van der Waals surface area contributed by atoms with E-state index in [1.165, 1.54) is 6.07 Å². The van der Waals surface area contributed by atoms with Gasteiger partial charge in [-0.2, -0.15) is 0 Å². The van der Waals surface area contributed by atoms with Crippen molar-refractivity contribution in [3.05, 3.63) is 95.0 Å². The van der Waals surface area contributed by atoms with Crippen LogP contribution in [-0.4, -0.2) is 15.7 Å². The van der Waals surface area contributed by atoms with Gasteiger partial charge in [0.15, 0.2) is 6.10 Å². The lowest BCUT2D eigenvalue weighted by Crippen LogP contribution is -2.34. The summed E-state index contributed by atoms with van der Waals surface area (Å²) >= 11 is 24.2. The topological polar surface area (TPSA) is 67.4 Å². The van der Waals surface area contributed by atoms with Gasteiger partial charge in [0.1, 0.15) is 5.75 Å². The summed E-state index contributed by atoms with van der Waals surface area (Å²) in [5.41, 5.74) is 1.32. The quantitative estimate of drug-likeness (QED) is 0.381. The van der Waals surface area contributed by atoms with Crippen LogP contribution in [0.3, 0.4) is 0 Å². The predicted molar refractivity (Wildman–Crippen MR) is 124 cm³/mol. The Kier molecular flexibility index (Phi) is 7.68. The number of anilines is 1. The van der Waals surface area contributed by atoms with Gasteiger partial charge in [-0.25, -0.2) is 4.79 Å². The summed E-state index contributed by atoms with van der Waals surface area (Å²) in [7, 11) is 0. The molecule has 0 radical (unpaired) electrons. The highest BCUT2D eigenvalue weighted by Gasteiger charge is 2.36. The Morgan fingerprint density at radius 3 is 2.06 bits per heavy atom. The molecule has 0 heterocycles. The van der Waals surface area contributed by atoms with E-state index in [-0.39, 0.29) is 10.6 Å². The van der Waals surface area contributed by atoms with Crippen molar-refractivity contribution in [2.75, 3.05) is 5.32 Å². The van der Waals surface area contributed by atoms with Crippen molar-refractivity contribution in [1.29, 1.82) is 0 Å². The Bertz CT molecular complexity index is 1050. The maximum Gasteiger partial charge on any atom is 0.326 e. The molecule has 1 atom stereocenters. The molecular formula is C22H16Cl4N2O3. The molecule has 0 aliphatic rings. The zero-order valence-corrected chi connectivity index (χ0v) is 18.8. The molecule has 0 spiro atoms. The van der Waals surface area contributed by atoms with Crippen molar-refractivity contribution in [2.24, 2.45) is 0 Å². The number of amides is 3. The minimum atomic E-state index is -1.70. The van der Waals surface area contributed by atoms with Gasteiger partial charge in [0.05, 0.1) is 10.6 Å². The number of benzene rings is 3. The minimum absolute atomic E-state index is 0.196. The highest BCUT2D eigenvalue weighted by Crippen LogP contribution is 2.42. The second-order valence-electron chi connectivity index (χ2n) is 6.36. The first-order valence-electron chi connectivity index (χ1n) is 8.99. The first kappa shape index (κ1) is 23.2.